The van der Waals surface area contributed by atoms with Crippen LogP contribution in [0.1, 0.15) is 18.4 Å². The molecule has 1 saturated heterocycles. The second-order valence-corrected chi connectivity index (χ2v) is 4.05. The van der Waals surface area contributed by atoms with E-state index in [0.29, 0.717) is 0 Å². The van der Waals surface area contributed by atoms with E-state index in [1.54, 1.807) is 0 Å². The largest absolute Gasteiger partial charge is 0.381 e. The SMILES string of the molecule is Cl.c1cncc(CNCC2CCOCC2)c1. The molecule has 0 saturated carbocycles. The fourth-order valence-electron chi connectivity index (χ4n) is 1.87. The summed E-state index contributed by atoms with van der Waals surface area (Å²) in [5.41, 5.74) is 1.25. The number of halogens is 1. The normalized spacial score (nSPS) is 16.8. The van der Waals surface area contributed by atoms with Gasteiger partial charge in [0, 0.05) is 32.2 Å². The Labute approximate surface area is 103 Å². The van der Waals surface area contributed by atoms with Crippen molar-refractivity contribution in [3.05, 3.63) is 30.1 Å². The van der Waals surface area contributed by atoms with Crippen LogP contribution in [0.5, 0.6) is 0 Å². The number of hydrogen-bond acceptors (Lipinski definition) is 3. The predicted octanol–water partition coefficient (Wildman–Crippen LogP) is 2.02. The molecule has 16 heavy (non-hydrogen) atoms. The van der Waals surface area contributed by atoms with E-state index in [1.807, 2.05) is 18.5 Å². The third-order valence-corrected chi connectivity index (χ3v) is 2.83. The summed E-state index contributed by atoms with van der Waals surface area (Å²) in [4.78, 5) is 4.09. The van der Waals surface area contributed by atoms with Crippen LogP contribution in [0.25, 0.3) is 0 Å². The molecule has 0 spiro atoms. The molecule has 4 heteroatoms. The van der Waals surface area contributed by atoms with E-state index >= 15 is 0 Å². The van der Waals surface area contributed by atoms with Gasteiger partial charge in [-0.05, 0) is 36.9 Å². The van der Waals surface area contributed by atoms with Crippen molar-refractivity contribution in [2.24, 2.45) is 5.92 Å². The molecule has 90 valence electrons. The van der Waals surface area contributed by atoms with Crippen molar-refractivity contribution in [1.82, 2.24) is 10.3 Å². The molecule has 3 nitrogen and oxygen atoms in total. The molecule has 1 aliphatic heterocycles. The molecule has 2 rings (SSSR count). The van der Waals surface area contributed by atoms with Crippen LogP contribution >= 0.6 is 12.4 Å². The van der Waals surface area contributed by atoms with E-state index in [4.69, 9.17) is 4.74 Å². The predicted molar refractivity (Wildman–Crippen MR) is 66.7 cm³/mol. The summed E-state index contributed by atoms with van der Waals surface area (Å²) < 4.78 is 5.33. The number of ether oxygens (including phenoxy) is 1. The van der Waals surface area contributed by atoms with Crippen LogP contribution in [-0.2, 0) is 11.3 Å². The highest BCUT2D eigenvalue weighted by molar-refractivity contribution is 5.85. The Kier molecular flexibility index (Phi) is 6.38. The zero-order valence-corrected chi connectivity index (χ0v) is 10.2. The molecule has 0 aliphatic carbocycles. The number of rotatable bonds is 4. The minimum absolute atomic E-state index is 0. The van der Waals surface area contributed by atoms with Crippen molar-refractivity contribution in [3.63, 3.8) is 0 Å². The van der Waals surface area contributed by atoms with E-state index in [0.717, 1.165) is 32.2 Å². The van der Waals surface area contributed by atoms with Crippen molar-refractivity contribution in [1.29, 1.82) is 0 Å². The smallest absolute Gasteiger partial charge is 0.0469 e. The van der Waals surface area contributed by atoms with Gasteiger partial charge in [-0.25, -0.2) is 0 Å². The second-order valence-electron chi connectivity index (χ2n) is 4.05. The highest BCUT2D eigenvalue weighted by atomic mass is 35.5. The molecule has 1 aliphatic rings. The highest BCUT2D eigenvalue weighted by Gasteiger charge is 2.12. The summed E-state index contributed by atoms with van der Waals surface area (Å²) in [5, 5.41) is 3.48. The summed E-state index contributed by atoms with van der Waals surface area (Å²) >= 11 is 0. The van der Waals surface area contributed by atoms with Crippen LogP contribution in [-0.4, -0.2) is 24.7 Å². The van der Waals surface area contributed by atoms with Gasteiger partial charge in [0.1, 0.15) is 0 Å². The van der Waals surface area contributed by atoms with Gasteiger partial charge in [0.15, 0.2) is 0 Å². The maximum absolute atomic E-state index is 5.33. The highest BCUT2D eigenvalue weighted by Crippen LogP contribution is 2.13. The first-order valence-corrected chi connectivity index (χ1v) is 5.62. The van der Waals surface area contributed by atoms with Crippen LogP contribution < -0.4 is 5.32 Å². The summed E-state index contributed by atoms with van der Waals surface area (Å²) in [5.74, 6) is 0.787. The first-order chi connectivity index (χ1) is 7.45. The number of hydrogen-bond donors (Lipinski definition) is 1. The standard InChI is InChI=1S/C12H18N2O.ClH/c1-2-12(9-13-5-1)10-14-8-11-3-6-15-7-4-11;/h1-2,5,9,11,14H,3-4,6-8,10H2;1H. The lowest BCUT2D eigenvalue weighted by atomic mass is 10.0. The van der Waals surface area contributed by atoms with Crippen molar-refractivity contribution in [3.8, 4) is 0 Å². The lowest BCUT2D eigenvalue weighted by Gasteiger charge is -2.22. The molecule has 0 aromatic carbocycles. The lowest BCUT2D eigenvalue weighted by molar-refractivity contribution is 0.0662. The van der Waals surface area contributed by atoms with Crippen molar-refractivity contribution < 1.29 is 4.74 Å². The number of nitrogens with one attached hydrogen (secondary N) is 1. The van der Waals surface area contributed by atoms with Crippen LogP contribution in [0.2, 0.25) is 0 Å². The molecule has 0 unspecified atom stereocenters. The van der Waals surface area contributed by atoms with Crippen molar-refractivity contribution in [2.45, 2.75) is 19.4 Å². The van der Waals surface area contributed by atoms with Gasteiger partial charge in [-0.1, -0.05) is 6.07 Å². The molecule has 0 amide bonds. The fourth-order valence-corrected chi connectivity index (χ4v) is 1.87. The molecular weight excluding hydrogens is 224 g/mol. The molecule has 1 aromatic heterocycles. The molecule has 0 radical (unpaired) electrons. The number of aromatic nitrogens is 1. The van der Waals surface area contributed by atoms with E-state index in [-0.39, 0.29) is 12.4 Å². The number of nitrogens with zero attached hydrogens (tertiary/aromatic N) is 1. The maximum atomic E-state index is 5.33. The summed E-state index contributed by atoms with van der Waals surface area (Å²) in [6.07, 6.45) is 6.11. The van der Waals surface area contributed by atoms with Gasteiger partial charge in [-0.3, -0.25) is 4.98 Å². The Morgan fingerprint density at radius 2 is 2.19 bits per heavy atom. The Hall–Kier alpha value is -0.640. The lowest BCUT2D eigenvalue weighted by Crippen LogP contribution is -2.27. The van der Waals surface area contributed by atoms with E-state index < -0.39 is 0 Å². The average molecular weight is 243 g/mol. The molecule has 1 N–H and O–H groups in total. The van der Waals surface area contributed by atoms with Crippen LogP contribution in [0.15, 0.2) is 24.5 Å². The van der Waals surface area contributed by atoms with E-state index in [1.165, 1.54) is 18.4 Å². The molecule has 1 fully saturated rings. The van der Waals surface area contributed by atoms with Gasteiger partial charge in [0.05, 0.1) is 0 Å². The van der Waals surface area contributed by atoms with Crippen LogP contribution in [0.4, 0.5) is 0 Å². The Morgan fingerprint density at radius 3 is 2.88 bits per heavy atom. The molecule has 0 atom stereocenters. The second kappa shape index (κ2) is 7.60. The average Bonchev–Trinajstić information content (AvgIpc) is 2.32. The minimum Gasteiger partial charge on any atom is -0.381 e. The van der Waals surface area contributed by atoms with Crippen LogP contribution in [0, 0.1) is 5.92 Å². The van der Waals surface area contributed by atoms with E-state index in [9.17, 15) is 0 Å². The molecule has 2 heterocycles. The molecule has 0 bridgehead atoms. The monoisotopic (exact) mass is 242 g/mol. The van der Waals surface area contributed by atoms with Gasteiger partial charge >= 0.3 is 0 Å². The van der Waals surface area contributed by atoms with Crippen molar-refractivity contribution in [2.75, 3.05) is 19.8 Å². The van der Waals surface area contributed by atoms with E-state index in [2.05, 4.69) is 16.4 Å². The van der Waals surface area contributed by atoms with Gasteiger partial charge in [-0.2, -0.15) is 0 Å². The Bertz CT molecular complexity index is 276. The van der Waals surface area contributed by atoms with Crippen molar-refractivity contribution >= 4 is 12.4 Å². The summed E-state index contributed by atoms with van der Waals surface area (Å²) in [6.45, 7) is 3.88. The fraction of sp³-hybridized carbons (Fsp3) is 0.583. The number of pyridine rings is 1. The first kappa shape index (κ1) is 13.4. The molecular formula is C12H19ClN2O. The zero-order valence-electron chi connectivity index (χ0n) is 9.39. The summed E-state index contributed by atoms with van der Waals surface area (Å²) in [6, 6.07) is 4.08. The van der Waals surface area contributed by atoms with Crippen LogP contribution in [0.3, 0.4) is 0 Å². The van der Waals surface area contributed by atoms with Gasteiger partial charge in [0.2, 0.25) is 0 Å². The zero-order chi connectivity index (χ0) is 10.3. The van der Waals surface area contributed by atoms with Gasteiger partial charge < -0.3 is 10.1 Å². The van der Waals surface area contributed by atoms with Gasteiger partial charge in [0.25, 0.3) is 0 Å². The Morgan fingerprint density at radius 1 is 1.38 bits per heavy atom. The Balaban J connectivity index is 0.00000128. The quantitative estimate of drug-likeness (QED) is 0.877. The summed E-state index contributed by atoms with van der Waals surface area (Å²) in [7, 11) is 0. The topological polar surface area (TPSA) is 34.2 Å². The third kappa shape index (κ3) is 4.47. The minimum atomic E-state index is 0. The first-order valence-electron chi connectivity index (χ1n) is 5.62. The maximum Gasteiger partial charge on any atom is 0.0469 e. The molecule has 1 aromatic rings. The third-order valence-electron chi connectivity index (χ3n) is 2.83. The van der Waals surface area contributed by atoms with Gasteiger partial charge in [-0.15, -0.1) is 12.4 Å².